The van der Waals surface area contributed by atoms with Crippen molar-refractivity contribution in [1.82, 2.24) is 9.97 Å². The van der Waals surface area contributed by atoms with Crippen molar-refractivity contribution in [3.05, 3.63) is 18.6 Å². The number of nitrogens with zero attached hydrogens (tertiary/aromatic N) is 2. The van der Waals surface area contributed by atoms with Gasteiger partial charge in [-0.2, -0.15) is 0 Å². The second kappa shape index (κ2) is 4.91. The van der Waals surface area contributed by atoms with Crippen LogP contribution in [-0.2, 0) is 0 Å². The third-order valence-corrected chi connectivity index (χ3v) is 2.46. The van der Waals surface area contributed by atoms with Gasteiger partial charge in [-0.25, -0.2) is 9.97 Å². The molecule has 0 saturated heterocycles. The minimum Gasteiger partial charge on any atom is -0.396 e. The van der Waals surface area contributed by atoms with Gasteiger partial charge in [-0.1, -0.05) is 6.92 Å². The lowest BCUT2D eigenvalue weighted by Gasteiger charge is -2.29. The Hall–Kier alpha value is -1.16. The van der Waals surface area contributed by atoms with Gasteiger partial charge in [0, 0.05) is 18.3 Å². The summed E-state index contributed by atoms with van der Waals surface area (Å²) in [5, 5.41) is 12.2. The lowest BCUT2D eigenvalue weighted by Crippen LogP contribution is -2.35. The molecule has 0 radical (unpaired) electrons. The van der Waals surface area contributed by atoms with Crippen LogP contribution in [0.1, 0.15) is 26.7 Å². The van der Waals surface area contributed by atoms with Gasteiger partial charge in [-0.3, -0.25) is 0 Å². The van der Waals surface area contributed by atoms with Crippen molar-refractivity contribution in [2.45, 2.75) is 32.2 Å². The first-order valence-electron chi connectivity index (χ1n) is 4.85. The Labute approximate surface area is 84.4 Å². The van der Waals surface area contributed by atoms with Crippen molar-refractivity contribution in [1.29, 1.82) is 0 Å². The maximum atomic E-state index is 8.94. The fourth-order valence-corrected chi connectivity index (χ4v) is 1.25. The van der Waals surface area contributed by atoms with Crippen molar-refractivity contribution in [3.63, 3.8) is 0 Å². The Morgan fingerprint density at radius 1 is 1.57 bits per heavy atom. The Kier molecular flexibility index (Phi) is 3.83. The van der Waals surface area contributed by atoms with Gasteiger partial charge in [0.1, 0.15) is 12.1 Å². The van der Waals surface area contributed by atoms with Crippen molar-refractivity contribution in [2.75, 3.05) is 11.9 Å². The first-order chi connectivity index (χ1) is 6.70. The maximum Gasteiger partial charge on any atom is 0.129 e. The molecular weight excluding hydrogens is 178 g/mol. The molecule has 0 aromatic carbocycles. The first kappa shape index (κ1) is 10.9. The van der Waals surface area contributed by atoms with E-state index < -0.39 is 0 Å². The van der Waals surface area contributed by atoms with E-state index in [1.54, 1.807) is 6.20 Å². The third kappa shape index (κ3) is 2.96. The molecule has 1 atom stereocenters. The Balaban J connectivity index is 2.65. The number of aromatic nitrogens is 2. The van der Waals surface area contributed by atoms with Crippen LogP contribution in [0.5, 0.6) is 0 Å². The highest BCUT2D eigenvalue weighted by Crippen LogP contribution is 2.19. The van der Waals surface area contributed by atoms with Gasteiger partial charge < -0.3 is 10.4 Å². The SMILES string of the molecule is CCC(C)(CCO)Nc1ccncn1. The average Bonchev–Trinajstić information content (AvgIpc) is 2.20. The molecule has 4 heteroatoms. The summed E-state index contributed by atoms with van der Waals surface area (Å²) < 4.78 is 0. The molecule has 14 heavy (non-hydrogen) atoms. The third-order valence-electron chi connectivity index (χ3n) is 2.46. The molecule has 0 aliphatic heterocycles. The van der Waals surface area contributed by atoms with Crippen LogP contribution < -0.4 is 5.32 Å². The number of aliphatic hydroxyl groups excluding tert-OH is 1. The quantitative estimate of drug-likeness (QED) is 0.746. The minimum absolute atomic E-state index is 0.0941. The number of anilines is 1. The molecule has 1 heterocycles. The second-order valence-corrected chi connectivity index (χ2v) is 3.61. The highest BCUT2D eigenvalue weighted by molar-refractivity contribution is 5.35. The van der Waals surface area contributed by atoms with E-state index in [0.717, 1.165) is 12.2 Å². The summed E-state index contributed by atoms with van der Waals surface area (Å²) in [5.41, 5.74) is -0.0941. The predicted molar refractivity (Wildman–Crippen MR) is 56.1 cm³/mol. The van der Waals surface area contributed by atoms with E-state index in [0.29, 0.717) is 6.42 Å². The molecule has 0 fully saturated rings. The van der Waals surface area contributed by atoms with Gasteiger partial charge in [-0.05, 0) is 25.8 Å². The number of rotatable bonds is 5. The van der Waals surface area contributed by atoms with Crippen LogP contribution in [0.15, 0.2) is 18.6 Å². The van der Waals surface area contributed by atoms with E-state index in [9.17, 15) is 0 Å². The van der Waals surface area contributed by atoms with Crippen molar-refractivity contribution < 1.29 is 5.11 Å². The fraction of sp³-hybridized carbons (Fsp3) is 0.600. The predicted octanol–water partition coefficient (Wildman–Crippen LogP) is 1.44. The topological polar surface area (TPSA) is 58.0 Å². The summed E-state index contributed by atoms with van der Waals surface area (Å²) >= 11 is 0. The van der Waals surface area contributed by atoms with E-state index in [2.05, 4.69) is 29.1 Å². The average molecular weight is 195 g/mol. The zero-order valence-electron chi connectivity index (χ0n) is 8.70. The number of nitrogens with one attached hydrogen (secondary N) is 1. The van der Waals surface area contributed by atoms with Crippen LogP contribution in [0, 0.1) is 0 Å². The van der Waals surface area contributed by atoms with Crippen molar-refractivity contribution in [2.24, 2.45) is 0 Å². The van der Waals surface area contributed by atoms with Crippen LogP contribution in [0.3, 0.4) is 0 Å². The molecule has 0 bridgehead atoms. The molecule has 0 spiro atoms. The van der Waals surface area contributed by atoms with Gasteiger partial charge in [0.05, 0.1) is 0 Å². The lowest BCUT2D eigenvalue weighted by molar-refractivity contribution is 0.252. The monoisotopic (exact) mass is 195 g/mol. The van der Waals surface area contributed by atoms with Gasteiger partial charge in [-0.15, -0.1) is 0 Å². The molecule has 1 rings (SSSR count). The summed E-state index contributed by atoms with van der Waals surface area (Å²) in [4.78, 5) is 7.94. The van der Waals surface area contributed by atoms with Crippen LogP contribution >= 0.6 is 0 Å². The smallest absolute Gasteiger partial charge is 0.129 e. The summed E-state index contributed by atoms with van der Waals surface area (Å²) in [6.45, 7) is 4.34. The molecule has 0 aliphatic rings. The summed E-state index contributed by atoms with van der Waals surface area (Å²) in [6, 6.07) is 1.82. The molecule has 1 aromatic rings. The normalized spacial score (nSPS) is 14.8. The highest BCUT2D eigenvalue weighted by atomic mass is 16.3. The highest BCUT2D eigenvalue weighted by Gasteiger charge is 2.20. The van der Waals surface area contributed by atoms with Crippen molar-refractivity contribution >= 4 is 5.82 Å². The zero-order valence-corrected chi connectivity index (χ0v) is 8.70. The van der Waals surface area contributed by atoms with Gasteiger partial charge >= 0.3 is 0 Å². The number of hydrogen-bond acceptors (Lipinski definition) is 4. The largest absolute Gasteiger partial charge is 0.396 e. The van der Waals surface area contributed by atoms with E-state index in [-0.39, 0.29) is 12.1 Å². The summed E-state index contributed by atoms with van der Waals surface area (Å²) in [7, 11) is 0. The van der Waals surface area contributed by atoms with Crippen LogP contribution in [0.4, 0.5) is 5.82 Å². The maximum absolute atomic E-state index is 8.94. The lowest BCUT2D eigenvalue weighted by atomic mass is 9.95. The summed E-state index contributed by atoms with van der Waals surface area (Å²) in [5.74, 6) is 0.804. The molecule has 1 unspecified atom stereocenters. The molecule has 2 N–H and O–H groups in total. The number of hydrogen-bond donors (Lipinski definition) is 2. The molecule has 1 aromatic heterocycles. The van der Waals surface area contributed by atoms with Gasteiger partial charge in [0.15, 0.2) is 0 Å². The molecule has 0 saturated carbocycles. The minimum atomic E-state index is -0.0941. The Morgan fingerprint density at radius 3 is 2.86 bits per heavy atom. The Bertz CT molecular complexity index is 265. The van der Waals surface area contributed by atoms with Gasteiger partial charge in [0.2, 0.25) is 0 Å². The Morgan fingerprint density at radius 2 is 2.36 bits per heavy atom. The standard InChI is InChI=1S/C10H17N3O/c1-3-10(2,5-7-14)13-9-4-6-11-8-12-9/h4,6,8,14H,3,5,7H2,1-2H3,(H,11,12,13). The van der Waals surface area contributed by atoms with Crippen LogP contribution in [0.25, 0.3) is 0 Å². The molecule has 0 amide bonds. The van der Waals surface area contributed by atoms with E-state index >= 15 is 0 Å². The van der Waals surface area contributed by atoms with Crippen LogP contribution in [-0.4, -0.2) is 27.2 Å². The van der Waals surface area contributed by atoms with E-state index in [1.807, 2.05) is 6.07 Å². The molecule has 78 valence electrons. The molecular formula is C10H17N3O. The van der Waals surface area contributed by atoms with Gasteiger partial charge in [0.25, 0.3) is 0 Å². The second-order valence-electron chi connectivity index (χ2n) is 3.61. The van der Waals surface area contributed by atoms with Crippen molar-refractivity contribution in [3.8, 4) is 0 Å². The first-order valence-corrected chi connectivity index (χ1v) is 4.85. The van der Waals surface area contributed by atoms with Crippen LogP contribution in [0.2, 0.25) is 0 Å². The van der Waals surface area contributed by atoms with E-state index in [1.165, 1.54) is 6.33 Å². The molecule has 4 nitrogen and oxygen atoms in total. The molecule has 0 aliphatic carbocycles. The van der Waals surface area contributed by atoms with E-state index in [4.69, 9.17) is 5.11 Å². The number of aliphatic hydroxyl groups is 1. The fourth-order valence-electron chi connectivity index (χ4n) is 1.25. The summed E-state index contributed by atoms with van der Waals surface area (Å²) in [6.07, 6.45) is 4.87. The zero-order chi connectivity index (χ0) is 10.4.